The van der Waals surface area contributed by atoms with Crippen molar-refractivity contribution in [3.63, 3.8) is 0 Å². The molecule has 1 fully saturated rings. The van der Waals surface area contributed by atoms with Gasteiger partial charge in [-0.3, -0.25) is 14.3 Å². The fourth-order valence-electron chi connectivity index (χ4n) is 2.39. The molecular weight excluding hydrogens is 264 g/mol. The summed E-state index contributed by atoms with van der Waals surface area (Å²) in [4.78, 5) is 33.4. The molecule has 0 radical (unpaired) electrons. The second-order valence-corrected chi connectivity index (χ2v) is 5.73. The second-order valence-electron chi connectivity index (χ2n) is 4.76. The van der Waals surface area contributed by atoms with Gasteiger partial charge in [-0.15, -0.1) is 0 Å². The van der Waals surface area contributed by atoms with Gasteiger partial charge in [0.2, 0.25) is 0 Å². The maximum Gasteiger partial charge on any atom is 0.330 e. The average Bonchev–Trinajstić information content (AvgIpc) is 3.02. The van der Waals surface area contributed by atoms with Crippen molar-refractivity contribution in [2.75, 3.05) is 18.0 Å². The Morgan fingerprint density at radius 2 is 2.05 bits per heavy atom. The van der Waals surface area contributed by atoms with Crippen molar-refractivity contribution >= 4 is 26.8 Å². The lowest BCUT2D eigenvalue weighted by atomic mass is 10.4. The fourth-order valence-corrected chi connectivity index (χ4v) is 3.41. The van der Waals surface area contributed by atoms with Crippen molar-refractivity contribution in [2.24, 2.45) is 0 Å². The van der Waals surface area contributed by atoms with Crippen LogP contribution in [0.25, 0.3) is 10.3 Å². The number of H-pyrrole nitrogens is 1. The van der Waals surface area contributed by atoms with Crippen LogP contribution in [0.4, 0.5) is 5.13 Å². The van der Waals surface area contributed by atoms with E-state index in [9.17, 15) is 9.59 Å². The molecule has 0 amide bonds. The number of nitrogens with one attached hydrogen (secondary N) is 1. The van der Waals surface area contributed by atoms with E-state index in [1.807, 2.05) is 6.92 Å². The molecule has 0 unspecified atom stereocenters. The number of aromatic amines is 1. The first kappa shape index (κ1) is 12.4. The zero-order valence-electron chi connectivity index (χ0n) is 10.8. The first-order valence-electron chi connectivity index (χ1n) is 6.59. The van der Waals surface area contributed by atoms with E-state index in [0.29, 0.717) is 16.9 Å². The summed E-state index contributed by atoms with van der Waals surface area (Å²) in [5, 5.41) is 0.842. The molecule has 0 aromatic carbocycles. The van der Waals surface area contributed by atoms with Gasteiger partial charge < -0.3 is 4.90 Å². The molecule has 2 aromatic rings. The molecule has 1 saturated heterocycles. The number of hydrogen-bond donors (Lipinski definition) is 1. The summed E-state index contributed by atoms with van der Waals surface area (Å²) in [5.41, 5.74) is -0.157. The largest absolute Gasteiger partial charge is 0.348 e. The van der Waals surface area contributed by atoms with Crippen LogP contribution in [0.15, 0.2) is 9.59 Å². The molecule has 19 heavy (non-hydrogen) atoms. The molecule has 7 heteroatoms. The summed E-state index contributed by atoms with van der Waals surface area (Å²) < 4.78 is 1.81. The van der Waals surface area contributed by atoms with Gasteiger partial charge in [-0.1, -0.05) is 18.3 Å². The summed E-state index contributed by atoms with van der Waals surface area (Å²) >= 11 is 1.38. The van der Waals surface area contributed by atoms with Gasteiger partial charge >= 0.3 is 5.69 Å². The minimum absolute atomic E-state index is 0.219. The molecule has 2 aromatic heterocycles. The van der Waals surface area contributed by atoms with E-state index in [1.165, 1.54) is 15.9 Å². The van der Waals surface area contributed by atoms with E-state index in [1.54, 1.807) is 0 Å². The van der Waals surface area contributed by atoms with Crippen LogP contribution < -0.4 is 16.1 Å². The van der Waals surface area contributed by atoms with Gasteiger partial charge in [-0.05, 0) is 19.3 Å². The molecule has 1 aliphatic heterocycles. The minimum Gasteiger partial charge on any atom is -0.348 e. The lowest BCUT2D eigenvalue weighted by molar-refractivity contribution is 0.623. The maximum absolute atomic E-state index is 12.3. The van der Waals surface area contributed by atoms with Crippen LogP contribution >= 0.6 is 11.3 Å². The summed E-state index contributed by atoms with van der Waals surface area (Å²) in [6.45, 7) is 4.35. The topological polar surface area (TPSA) is 71.0 Å². The first-order valence-corrected chi connectivity index (χ1v) is 7.41. The lowest BCUT2D eigenvalue weighted by Gasteiger charge is -2.11. The molecule has 3 rings (SSSR count). The zero-order valence-corrected chi connectivity index (χ0v) is 11.6. The van der Waals surface area contributed by atoms with Crippen molar-refractivity contribution in [1.29, 1.82) is 0 Å². The molecule has 102 valence electrons. The van der Waals surface area contributed by atoms with Crippen molar-refractivity contribution in [2.45, 2.75) is 32.7 Å². The van der Waals surface area contributed by atoms with Gasteiger partial charge in [-0.2, -0.15) is 0 Å². The van der Waals surface area contributed by atoms with Crippen LogP contribution in [-0.4, -0.2) is 27.6 Å². The maximum atomic E-state index is 12.3. The van der Waals surface area contributed by atoms with Gasteiger partial charge in [0.25, 0.3) is 5.56 Å². The lowest BCUT2D eigenvalue weighted by Crippen LogP contribution is -2.34. The van der Waals surface area contributed by atoms with Crippen LogP contribution in [0.3, 0.4) is 0 Å². The summed E-state index contributed by atoms with van der Waals surface area (Å²) in [6.07, 6.45) is 3.07. The van der Waals surface area contributed by atoms with Gasteiger partial charge in [0.1, 0.15) is 4.70 Å². The molecule has 1 N–H and O–H groups in total. The standard InChI is InChI=1S/C12H16N4O2S/c1-2-5-16-10(17)8-9(13-11(16)18)14-12(19-8)15-6-3-4-7-15/h2-7H2,1H3,(H,13,18). The third-order valence-corrected chi connectivity index (χ3v) is 4.45. The Morgan fingerprint density at radius 3 is 2.74 bits per heavy atom. The van der Waals surface area contributed by atoms with Crippen LogP contribution in [-0.2, 0) is 6.54 Å². The summed E-state index contributed by atoms with van der Waals surface area (Å²) in [5.74, 6) is 0. The SMILES string of the molecule is CCCn1c(=O)[nH]c2nc(N3CCCC3)sc2c1=O. The fraction of sp³-hybridized carbons (Fsp3) is 0.583. The van der Waals surface area contributed by atoms with Crippen LogP contribution in [0.5, 0.6) is 0 Å². The molecule has 3 heterocycles. The quantitative estimate of drug-likeness (QED) is 0.915. The van der Waals surface area contributed by atoms with Gasteiger partial charge in [0.05, 0.1) is 0 Å². The Morgan fingerprint density at radius 1 is 1.32 bits per heavy atom. The van der Waals surface area contributed by atoms with E-state index in [0.717, 1.165) is 37.5 Å². The van der Waals surface area contributed by atoms with Gasteiger partial charge in [0, 0.05) is 19.6 Å². The van der Waals surface area contributed by atoms with Crippen molar-refractivity contribution < 1.29 is 0 Å². The highest BCUT2D eigenvalue weighted by Crippen LogP contribution is 2.27. The number of aromatic nitrogens is 3. The molecule has 0 atom stereocenters. The third kappa shape index (κ3) is 2.07. The molecule has 0 spiro atoms. The third-order valence-electron chi connectivity index (χ3n) is 3.35. The van der Waals surface area contributed by atoms with E-state index >= 15 is 0 Å². The Bertz CT molecular complexity index is 709. The zero-order chi connectivity index (χ0) is 13.4. The molecule has 0 aliphatic carbocycles. The molecule has 1 aliphatic rings. The van der Waals surface area contributed by atoms with E-state index in [4.69, 9.17) is 0 Å². The number of hydrogen-bond acceptors (Lipinski definition) is 5. The van der Waals surface area contributed by atoms with E-state index in [2.05, 4.69) is 14.9 Å². The number of thiazole rings is 1. The summed E-state index contributed by atoms with van der Waals surface area (Å²) in [6, 6.07) is 0. The number of rotatable bonds is 3. The molecular formula is C12H16N4O2S. The molecule has 6 nitrogen and oxygen atoms in total. The minimum atomic E-state index is -0.363. The highest BCUT2D eigenvalue weighted by Gasteiger charge is 2.19. The Hall–Kier alpha value is -1.63. The van der Waals surface area contributed by atoms with Gasteiger partial charge in [0.15, 0.2) is 10.8 Å². The highest BCUT2D eigenvalue weighted by molar-refractivity contribution is 7.22. The Balaban J connectivity index is 2.14. The van der Waals surface area contributed by atoms with Crippen molar-refractivity contribution in [1.82, 2.24) is 14.5 Å². The predicted octanol–water partition coefficient (Wildman–Crippen LogP) is 1.16. The van der Waals surface area contributed by atoms with E-state index < -0.39 is 0 Å². The number of anilines is 1. The first-order chi connectivity index (χ1) is 9.20. The summed E-state index contributed by atoms with van der Waals surface area (Å²) in [7, 11) is 0. The molecule has 0 bridgehead atoms. The number of fused-ring (bicyclic) bond motifs is 1. The molecule has 0 saturated carbocycles. The van der Waals surface area contributed by atoms with Crippen molar-refractivity contribution in [3.8, 4) is 0 Å². The normalized spacial score (nSPS) is 15.5. The second kappa shape index (κ2) is 4.80. The Kier molecular flexibility index (Phi) is 3.14. The van der Waals surface area contributed by atoms with Crippen LogP contribution in [0, 0.1) is 0 Å². The van der Waals surface area contributed by atoms with Crippen LogP contribution in [0.1, 0.15) is 26.2 Å². The monoisotopic (exact) mass is 280 g/mol. The predicted molar refractivity (Wildman–Crippen MR) is 76.2 cm³/mol. The smallest absolute Gasteiger partial charge is 0.330 e. The number of nitrogens with zero attached hydrogens (tertiary/aromatic N) is 3. The van der Waals surface area contributed by atoms with Gasteiger partial charge in [-0.25, -0.2) is 9.78 Å². The van der Waals surface area contributed by atoms with Crippen LogP contribution in [0.2, 0.25) is 0 Å². The Labute approximate surface area is 113 Å². The average molecular weight is 280 g/mol. The van der Waals surface area contributed by atoms with E-state index in [-0.39, 0.29) is 11.2 Å². The van der Waals surface area contributed by atoms with Crippen molar-refractivity contribution in [3.05, 3.63) is 20.8 Å². The highest BCUT2D eigenvalue weighted by atomic mass is 32.1.